The molecule has 0 aliphatic rings. The van der Waals surface area contributed by atoms with E-state index in [4.69, 9.17) is 0 Å². The topological polar surface area (TPSA) is 55.2 Å². The van der Waals surface area contributed by atoms with Crippen LogP contribution in [0, 0.1) is 13.8 Å². The monoisotopic (exact) mass is 419 g/mol. The van der Waals surface area contributed by atoms with Crippen LogP contribution < -0.4 is 5.56 Å². The number of aryl methyl sites for hydroxylation is 2. The van der Waals surface area contributed by atoms with Crippen LogP contribution in [0.25, 0.3) is 10.2 Å². The maximum atomic E-state index is 12.7. The summed E-state index contributed by atoms with van der Waals surface area (Å²) in [6.07, 6.45) is 1.46. The third-order valence-corrected chi connectivity index (χ3v) is 6.14. The van der Waals surface area contributed by atoms with Gasteiger partial charge in [0.15, 0.2) is 0 Å². The van der Waals surface area contributed by atoms with E-state index in [1.165, 1.54) is 22.2 Å². The lowest BCUT2D eigenvalue weighted by Crippen LogP contribution is -2.33. The van der Waals surface area contributed by atoms with Crippen LogP contribution in [0.1, 0.15) is 16.0 Å². The Bertz CT molecular complexity index is 1010. The van der Waals surface area contributed by atoms with Gasteiger partial charge in [-0.15, -0.1) is 11.3 Å². The summed E-state index contributed by atoms with van der Waals surface area (Å²) in [5.41, 5.74) is 1.80. The van der Waals surface area contributed by atoms with Crippen LogP contribution in [-0.2, 0) is 17.9 Å². The number of fused-ring (bicyclic) bond motifs is 1. The van der Waals surface area contributed by atoms with Gasteiger partial charge in [0.05, 0.1) is 11.7 Å². The lowest BCUT2D eigenvalue weighted by Gasteiger charge is -2.18. The van der Waals surface area contributed by atoms with Crippen molar-refractivity contribution >= 4 is 43.4 Å². The molecule has 130 valence electrons. The molecule has 0 unspecified atom stereocenters. The highest BCUT2D eigenvalue weighted by Crippen LogP contribution is 2.25. The number of amides is 1. The fraction of sp³-hybridized carbons (Fsp3) is 0.278. The zero-order valence-electron chi connectivity index (χ0n) is 14.2. The summed E-state index contributed by atoms with van der Waals surface area (Å²) in [6.45, 7) is 4.35. The van der Waals surface area contributed by atoms with Gasteiger partial charge in [-0.25, -0.2) is 4.98 Å². The zero-order chi connectivity index (χ0) is 18.1. The van der Waals surface area contributed by atoms with E-state index < -0.39 is 0 Å². The summed E-state index contributed by atoms with van der Waals surface area (Å²) in [5.74, 6) is -0.136. The van der Waals surface area contributed by atoms with Crippen molar-refractivity contribution in [1.82, 2.24) is 14.5 Å². The third-order valence-electron chi connectivity index (χ3n) is 4.25. The van der Waals surface area contributed by atoms with Gasteiger partial charge in [0.25, 0.3) is 5.56 Å². The predicted octanol–water partition coefficient (Wildman–Crippen LogP) is 3.50. The van der Waals surface area contributed by atoms with Gasteiger partial charge < -0.3 is 4.90 Å². The third kappa shape index (κ3) is 3.52. The molecule has 1 aromatic carbocycles. The number of carbonyl (C=O) groups excluding carboxylic acids is 1. The zero-order valence-corrected chi connectivity index (χ0v) is 16.6. The molecule has 5 nitrogen and oxygen atoms in total. The highest BCUT2D eigenvalue weighted by atomic mass is 79.9. The first kappa shape index (κ1) is 17.8. The summed E-state index contributed by atoms with van der Waals surface area (Å²) < 4.78 is 2.35. The molecule has 0 bridgehead atoms. The Labute approximate surface area is 158 Å². The molecule has 3 aromatic rings. The Morgan fingerprint density at radius 3 is 2.76 bits per heavy atom. The first-order valence-electron chi connectivity index (χ1n) is 7.81. The van der Waals surface area contributed by atoms with Crippen molar-refractivity contribution in [2.45, 2.75) is 26.9 Å². The Morgan fingerprint density at radius 2 is 2.04 bits per heavy atom. The Balaban J connectivity index is 1.82. The van der Waals surface area contributed by atoms with Crippen molar-refractivity contribution in [2.75, 3.05) is 7.05 Å². The van der Waals surface area contributed by atoms with Crippen LogP contribution >= 0.6 is 27.3 Å². The van der Waals surface area contributed by atoms with E-state index in [-0.39, 0.29) is 18.0 Å². The summed E-state index contributed by atoms with van der Waals surface area (Å²) in [7, 11) is 1.73. The molecule has 0 aliphatic heterocycles. The summed E-state index contributed by atoms with van der Waals surface area (Å²) in [4.78, 5) is 33.0. The number of hydrogen-bond acceptors (Lipinski definition) is 4. The van der Waals surface area contributed by atoms with Gasteiger partial charge in [-0.05, 0) is 31.0 Å². The standard InChI is InChI=1S/C18H18BrN3O2S/c1-11-12(2)25-17-16(11)18(24)22(10-20-17)9-15(23)21(3)8-13-6-4-5-7-14(13)19/h4-7,10H,8-9H2,1-3H3. The van der Waals surface area contributed by atoms with Crippen LogP contribution in [0.2, 0.25) is 0 Å². The minimum Gasteiger partial charge on any atom is -0.340 e. The van der Waals surface area contributed by atoms with Gasteiger partial charge in [0.1, 0.15) is 11.4 Å². The molecule has 0 saturated heterocycles. The number of nitrogens with zero attached hydrogens (tertiary/aromatic N) is 3. The van der Waals surface area contributed by atoms with Crippen LogP contribution in [-0.4, -0.2) is 27.4 Å². The van der Waals surface area contributed by atoms with Crippen molar-refractivity contribution in [2.24, 2.45) is 0 Å². The SMILES string of the molecule is Cc1sc2ncn(CC(=O)N(C)Cc3ccccc3Br)c(=O)c2c1C. The van der Waals surface area contributed by atoms with Crippen molar-refractivity contribution in [3.63, 3.8) is 0 Å². The Hall–Kier alpha value is -1.99. The van der Waals surface area contributed by atoms with Gasteiger partial charge in [-0.2, -0.15) is 0 Å². The average molecular weight is 420 g/mol. The molecule has 2 heterocycles. The number of aromatic nitrogens is 2. The number of hydrogen-bond donors (Lipinski definition) is 0. The van der Waals surface area contributed by atoms with E-state index in [1.807, 2.05) is 38.1 Å². The fourth-order valence-corrected chi connectivity index (χ4v) is 4.02. The quantitative estimate of drug-likeness (QED) is 0.649. The normalized spacial score (nSPS) is 11.0. The number of benzene rings is 1. The molecular weight excluding hydrogens is 402 g/mol. The summed E-state index contributed by atoms with van der Waals surface area (Å²) in [6, 6.07) is 7.77. The maximum Gasteiger partial charge on any atom is 0.262 e. The average Bonchev–Trinajstić information content (AvgIpc) is 2.87. The van der Waals surface area contributed by atoms with Crippen molar-refractivity contribution in [3.8, 4) is 0 Å². The second-order valence-electron chi connectivity index (χ2n) is 5.98. The van der Waals surface area contributed by atoms with Gasteiger partial charge in [0, 0.05) is 22.9 Å². The highest BCUT2D eigenvalue weighted by Gasteiger charge is 2.16. The molecule has 0 fully saturated rings. The molecule has 25 heavy (non-hydrogen) atoms. The summed E-state index contributed by atoms with van der Waals surface area (Å²) >= 11 is 4.99. The Morgan fingerprint density at radius 1 is 1.32 bits per heavy atom. The highest BCUT2D eigenvalue weighted by molar-refractivity contribution is 9.10. The van der Waals surface area contributed by atoms with Crippen molar-refractivity contribution < 1.29 is 4.79 Å². The molecule has 2 aromatic heterocycles. The molecule has 3 rings (SSSR count). The predicted molar refractivity (Wildman–Crippen MR) is 104 cm³/mol. The molecule has 7 heteroatoms. The molecule has 0 aliphatic carbocycles. The largest absolute Gasteiger partial charge is 0.340 e. The van der Waals surface area contributed by atoms with Crippen molar-refractivity contribution in [3.05, 3.63) is 61.4 Å². The first-order valence-corrected chi connectivity index (χ1v) is 9.42. The van der Waals surface area contributed by atoms with Gasteiger partial charge >= 0.3 is 0 Å². The number of thiophene rings is 1. The molecule has 0 radical (unpaired) electrons. The lowest BCUT2D eigenvalue weighted by molar-refractivity contribution is -0.131. The molecule has 0 spiro atoms. The summed E-state index contributed by atoms with van der Waals surface area (Å²) in [5, 5.41) is 0.617. The van der Waals surface area contributed by atoms with Crippen molar-refractivity contribution in [1.29, 1.82) is 0 Å². The van der Waals surface area contributed by atoms with Gasteiger partial charge in [-0.1, -0.05) is 34.1 Å². The second-order valence-corrected chi connectivity index (χ2v) is 8.04. The van der Waals surface area contributed by atoms with Gasteiger partial charge in [0.2, 0.25) is 5.91 Å². The minimum absolute atomic E-state index is 0.0168. The van der Waals surface area contributed by atoms with Crippen LogP contribution in [0.4, 0.5) is 0 Å². The lowest BCUT2D eigenvalue weighted by atomic mass is 10.2. The minimum atomic E-state index is -0.158. The number of rotatable bonds is 4. The molecular formula is C18H18BrN3O2S. The number of halogens is 1. The van der Waals surface area contributed by atoms with Crippen LogP contribution in [0.3, 0.4) is 0 Å². The van der Waals surface area contributed by atoms with E-state index in [9.17, 15) is 9.59 Å². The van der Waals surface area contributed by atoms with E-state index in [0.717, 1.165) is 25.3 Å². The molecule has 0 N–H and O–H groups in total. The molecule has 1 amide bonds. The smallest absolute Gasteiger partial charge is 0.262 e. The maximum absolute atomic E-state index is 12.7. The molecule has 0 atom stereocenters. The number of carbonyl (C=O) groups is 1. The fourth-order valence-electron chi connectivity index (χ4n) is 2.62. The van der Waals surface area contributed by atoms with Gasteiger partial charge in [-0.3, -0.25) is 14.2 Å². The van der Waals surface area contributed by atoms with E-state index in [1.54, 1.807) is 11.9 Å². The van der Waals surface area contributed by atoms with Crippen LogP contribution in [0.15, 0.2) is 39.9 Å². The van der Waals surface area contributed by atoms with Crippen LogP contribution in [0.5, 0.6) is 0 Å². The number of likely N-dealkylation sites (N-methyl/N-ethyl adjacent to an activating group) is 1. The molecule has 0 saturated carbocycles. The Kier molecular flexibility index (Phi) is 5.06. The first-order chi connectivity index (χ1) is 11.9. The second kappa shape index (κ2) is 7.09. The van der Waals surface area contributed by atoms with E-state index in [2.05, 4.69) is 20.9 Å². The van der Waals surface area contributed by atoms with E-state index in [0.29, 0.717) is 11.9 Å². The van der Waals surface area contributed by atoms with E-state index >= 15 is 0 Å².